The van der Waals surface area contributed by atoms with Crippen molar-refractivity contribution in [3.63, 3.8) is 0 Å². The van der Waals surface area contributed by atoms with Gasteiger partial charge >= 0.3 is 5.97 Å². The van der Waals surface area contributed by atoms with Crippen molar-refractivity contribution < 1.29 is 9.90 Å². The van der Waals surface area contributed by atoms with Crippen LogP contribution in [0.3, 0.4) is 0 Å². The number of nitrogens with zero attached hydrogens (tertiary/aromatic N) is 1. The zero-order chi connectivity index (χ0) is 14.6. The number of hydrogen-bond acceptors (Lipinski definition) is 3. The van der Waals surface area contributed by atoms with E-state index in [0.717, 1.165) is 32.5 Å². The van der Waals surface area contributed by atoms with Gasteiger partial charge in [-0.15, -0.1) is 0 Å². The van der Waals surface area contributed by atoms with Crippen LogP contribution in [0.5, 0.6) is 0 Å². The molecule has 0 saturated carbocycles. The van der Waals surface area contributed by atoms with Gasteiger partial charge in [-0.25, -0.2) is 0 Å². The molecule has 0 amide bonds. The van der Waals surface area contributed by atoms with Crippen LogP contribution in [-0.2, 0) is 11.3 Å². The van der Waals surface area contributed by atoms with Crippen molar-refractivity contribution in [2.24, 2.45) is 11.7 Å². The van der Waals surface area contributed by atoms with Gasteiger partial charge in [-0.2, -0.15) is 0 Å². The molecule has 3 N–H and O–H groups in total. The molecule has 1 aliphatic rings. The van der Waals surface area contributed by atoms with E-state index in [9.17, 15) is 9.90 Å². The van der Waals surface area contributed by atoms with Gasteiger partial charge in [-0.05, 0) is 31.4 Å². The Kier molecular flexibility index (Phi) is 4.78. The van der Waals surface area contributed by atoms with Crippen LogP contribution in [0.4, 0.5) is 0 Å². The number of benzene rings is 1. The summed E-state index contributed by atoms with van der Waals surface area (Å²) < 4.78 is 0. The second-order valence-electron chi connectivity index (χ2n) is 5.76. The van der Waals surface area contributed by atoms with Gasteiger partial charge in [0.2, 0.25) is 0 Å². The van der Waals surface area contributed by atoms with E-state index in [1.807, 2.05) is 25.1 Å². The van der Waals surface area contributed by atoms with Crippen LogP contribution in [0.2, 0.25) is 0 Å². The van der Waals surface area contributed by atoms with Crippen LogP contribution in [0.15, 0.2) is 30.3 Å². The lowest BCUT2D eigenvalue weighted by atomic mass is 9.77. The first-order chi connectivity index (χ1) is 9.56. The van der Waals surface area contributed by atoms with Crippen LogP contribution in [0.1, 0.15) is 31.7 Å². The summed E-state index contributed by atoms with van der Waals surface area (Å²) in [5.41, 5.74) is 6.32. The molecule has 1 heterocycles. The SMILES string of the molecule is CCC(N)(C(=O)O)C1CCCN(Cc2ccccc2)C1. The molecule has 1 aromatic carbocycles. The lowest BCUT2D eigenvalue weighted by Crippen LogP contribution is -2.58. The van der Waals surface area contributed by atoms with Gasteiger partial charge in [0.25, 0.3) is 0 Å². The normalized spacial score (nSPS) is 23.2. The summed E-state index contributed by atoms with van der Waals surface area (Å²) in [6, 6.07) is 10.3. The molecule has 1 aliphatic heterocycles. The molecule has 20 heavy (non-hydrogen) atoms. The number of aliphatic carboxylic acids is 1. The molecule has 0 spiro atoms. The maximum atomic E-state index is 11.5. The zero-order valence-electron chi connectivity index (χ0n) is 12.1. The molecule has 0 aliphatic carbocycles. The highest BCUT2D eigenvalue weighted by molar-refractivity contribution is 5.78. The number of carboxylic acid groups (broad SMARTS) is 1. The molecular formula is C16H24N2O2. The molecule has 2 atom stereocenters. The number of hydrogen-bond donors (Lipinski definition) is 2. The van der Waals surface area contributed by atoms with Crippen molar-refractivity contribution >= 4 is 5.97 Å². The Balaban J connectivity index is 2.03. The van der Waals surface area contributed by atoms with E-state index < -0.39 is 11.5 Å². The lowest BCUT2D eigenvalue weighted by molar-refractivity contribution is -0.146. The zero-order valence-corrected chi connectivity index (χ0v) is 12.1. The van der Waals surface area contributed by atoms with Crippen molar-refractivity contribution in [2.45, 2.75) is 38.3 Å². The summed E-state index contributed by atoms with van der Waals surface area (Å²) in [5, 5.41) is 9.42. The van der Waals surface area contributed by atoms with Crippen molar-refractivity contribution in [2.75, 3.05) is 13.1 Å². The van der Waals surface area contributed by atoms with Gasteiger partial charge in [-0.3, -0.25) is 9.69 Å². The Morgan fingerprint density at radius 2 is 2.15 bits per heavy atom. The van der Waals surface area contributed by atoms with Crippen LogP contribution < -0.4 is 5.73 Å². The fraction of sp³-hybridized carbons (Fsp3) is 0.562. The van der Waals surface area contributed by atoms with Crippen molar-refractivity contribution in [3.8, 4) is 0 Å². The smallest absolute Gasteiger partial charge is 0.324 e. The van der Waals surface area contributed by atoms with E-state index in [1.54, 1.807) is 0 Å². The lowest BCUT2D eigenvalue weighted by Gasteiger charge is -2.40. The van der Waals surface area contributed by atoms with Crippen molar-refractivity contribution in [1.29, 1.82) is 0 Å². The first-order valence-electron chi connectivity index (χ1n) is 7.35. The summed E-state index contributed by atoms with van der Waals surface area (Å²) in [6.45, 7) is 4.53. The number of rotatable bonds is 5. The van der Waals surface area contributed by atoms with E-state index in [4.69, 9.17) is 5.73 Å². The molecule has 2 unspecified atom stereocenters. The maximum absolute atomic E-state index is 11.5. The fourth-order valence-electron chi connectivity index (χ4n) is 3.08. The number of likely N-dealkylation sites (tertiary alicyclic amines) is 1. The quantitative estimate of drug-likeness (QED) is 0.864. The molecule has 1 aromatic rings. The Hall–Kier alpha value is -1.39. The molecule has 2 rings (SSSR count). The summed E-state index contributed by atoms with van der Waals surface area (Å²) in [7, 11) is 0. The number of piperidine rings is 1. The van der Waals surface area contributed by atoms with Gasteiger partial charge < -0.3 is 10.8 Å². The summed E-state index contributed by atoms with van der Waals surface area (Å²) in [5.74, 6) is -0.839. The van der Waals surface area contributed by atoms with E-state index in [1.165, 1.54) is 5.56 Å². The molecule has 4 heteroatoms. The van der Waals surface area contributed by atoms with Gasteiger partial charge in [0.15, 0.2) is 0 Å². The van der Waals surface area contributed by atoms with E-state index in [2.05, 4.69) is 17.0 Å². The van der Waals surface area contributed by atoms with Crippen molar-refractivity contribution in [1.82, 2.24) is 4.90 Å². The monoisotopic (exact) mass is 276 g/mol. The minimum atomic E-state index is -1.09. The topological polar surface area (TPSA) is 66.6 Å². The highest BCUT2D eigenvalue weighted by Gasteiger charge is 2.42. The number of nitrogens with two attached hydrogens (primary N) is 1. The van der Waals surface area contributed by atoms with Crippen LogP contribution in [0, 0.1) is 5.92 Å². The second kappa shape index (κ2) is 6.37. The average Bonchev–Trinajstić information content (AvgIpc) is 2.47. The molecular weight excluding hydrogens is 252 g/mol. The third-order valence-electron chi connectivity index (χ3n) is 4.47. The maximum Gasteiger partial charge on any atom is 0.324 e. The molecule has 0 aromatic heterocycles. The third kappa shape index (κ3) is 3.19. The van der Waals surface area contributed by atoms with Crippen LogP contribution in [-0.4, -0.2) is 34.6 Å². The largest absolute Gasteiger partial charge is 0.480 e. The average molecular weight is 276 g/mol. The first-order valence-corrected chi connectivity index (χ1v) is 7.35. The molecule has 1 saturated heterocycles. The fourth-order valence-corrected chi connectivity index (χ4v) is 3.08. The Morgan fingerprint density at radius 3 is 2.75 bits per heavy atom. The summed E-state index contributed by atoms with van der Waals surface area (Å²) >= 11 is 0. The van der Waals surface area contributed by atoms with Gasteiger partial charge in [0.05, 0.1) is 0 Å². The van der Waals surface area contributed by atoms with Gasteiger partial charge in [0, 0.05) is 19.0 Å². The van der Waals surface area contributed by atoms with E-state index in [0.29, 0.717) is 6.42 Å². The highest BCUT2D eigenvalue weighted by atomic mass is 16.4. The summed E-state index contributed by atoms with van der Waals surface area (Å²) in [4.78, 5) is 13.8. The van der Waals surface area contributed by atoms with Gasteiger partial charge in [-0.1, -0.05) is 37.3 Å². The third-order valence-corrected chi connectivity index (χ3v) is 4.47. The van der Waals surface area contributed by atoms with E-state index >= 15 is 0 Å². The number of carbonyl (C=O) groups is 1. The minimum Gasteiger partial charge on any atom is -0.480 e. The van der Waals surface area contributed by atoms with Gasteiger partial charge in [0.1, 0.15) is 5.54 Å². The standard InChI is InChI=1S/C16H24N2O2/c1-2-16(17,15(19)20)14-9-6-10-18(12-14)11-13-7-4-3-5-8-13/h3-5,7-8,14H,2,6,9-12,17H2,1H3,(H,19,20). The Bertz CT molecular complexity index is 449. The second-order valence-corrected chi connectivity index (χ2v) is 5.76. The molecule has 0 radical (unpaired) electrons. The molecule has 1 fully saturated rings. The van der Waals surface area contributed by atoms with Crippen LogP contribution in [0.25, 0.3) is 0 Å². The predicted octanol–water partition coefficient (Wildman–Crippen LogP) is 2.09. The minimum absolute atomic E-state index is 0.0301. The molecule has 0 bridgehead atoms. The van der Waals surface area contributed by atoms with Crippen LogP contribution >= 0.6 is 0 Å². The molecule has 110 valence electrons. The molecule has 4 nitrogen and oxygen atoms in total. The number of carboxylic acids is 1. The Morgan fingerprint density at radius 1 is 1.45 bits per heavy atom. The predicted molar refractivity (Wildman–Crippen MR) is 79.3 cm³/mol. The Labute approximate surface area is 120 Å². The highest BCUT2D eigenvalue weighted by Crippen LogP contribution is 2.29. The van der Waals surface area contributed by atoms with E-state index in [-0.39, 0.29) is 5.92 Å². The summed E-state index contributed by atoms with van der Waals surface area (Å²) in [6.07, 6.45) is 2.40. The van der Waals surface area contributed by atoms with Crippen molar-refractivity contribution in [3.05, 3.63) is 35.9 Å². The first kappa shape index (κ1) is 15.0.